The van der Waals surface area contributed by atoms with Crippen molar-refractivity contribution in [2.75, 3.05) is 4.90 Å². The maximum Gasteiger partial charge on any atom is 0.0732 e. The fourth-order valence-electron chi connectivity index (χ4n) is 10.1. The Bertz CT molecular complexity index is 2930. The highest BCUT2D eigenvalue weighted by Crippen LogP contribution is 2.67. The van der Waals surface area contributed by atoms with E-state index in [0.29, 0.717) is 0 Å². The van der Waals surface area contributed by atoms with E-state index < -0.39 is 5.41 Å². The molecule has 0 atom stereocenters. The Morgan fingerprint density at radius 1 is 0.377 bits per heavy atom. The fourth-order valence-corrected chi connectivity index (χ4v) is 10.1. The molecule has 9 aromatic carbocycles. The Labute approximate surface area is 310 Å². The summed E-state index contributed by atoms with van der Waals surface area (Å²) in [7, 11) is 0. The molecule has 0 saturated heterocycles. The first-order chi connectivity index (χ1) is 26.1. The summed E-state index contributed by atoms with van der Waals surface area (Å²) >= 11 is 0. The van der Waals surface area contributed by atoms with Crippen LogP contribution in [0.25, 0.3) is 54.6 Å². The number of nitrogens with zero attached hydrogens (tertiary/aromatic N) is 1. The van der Waals surface area contributed by atoms with Gasteiger partial charge < -0.3 is 4.90 Å². The Kier molecular flexibility index (Phi) is 6.29. The topological polar surface area (TPSA) is 3.24 Å². The third kappa shape index (κ3) is 3.97. The number of anilines is 3. The summed E-state index contributed by atoms with van der Waals surface area (Å²) in [4.78, 5) is 2.53. The summed E-state index contributed by atoms with van der Waals surface area (Å²) in [5, 5.41) is 7.76. The van der Waals surface area contributed by atoms with Gasteiger partial charge in [0.05, 0.1) is 11.1 Å². The van der Waals surface area contributed by atoms with Gasteiger partial charge in [0.1, 0.15) is 0 Å². The number of aryl methyl sites for hydroxylation is 3. The third-order valence-corrected chi connectivity index (χ3v) is 12.0. The van der Waals surface area contributed by atoms with Gasteiger partial charge in [0.25, 0.3) is 0 Å². The molecule has 0 amide bonds. The van der Waals surface area contributed by atoms with Gasteiger partial charge in [0.15, 0.2) is 0 Å². The van der Waals surface area contributed by atoms with Gasteiger partial charge in [0.2, 0.25) is 0 Å². The predicted molar refractivity (Wildman–Crippen MR) is 224 cm³/mol. The molecule has 53 heavy (non-hydrogen) atoms. The Balaban J connectivity index is 1.40. The molecular weight excluding hydrogens is 639 g/mol. The van der Waals surface area contributed by atoms with E-state index in [0.717, 1.165) is 0 Å². The molecule has 1 spiro atoms. The van der Waals surface area contributed by atoms with Crippen LogP contribution in [-0.4, -0.2) is 0 Å². The van der Waals surface area contributed by atoms with Crippen LogP contribution in [0.15, 0.2) is 170 Å². The molecule has 0 fully saturated rings. The summed E-state index contributed by atoms with van der Waals surface area (Å²) in [6.07, 6.45) is 0. The van der Waals surface area contributed by atoms with Crippen LogP contribution in [0.4, 0.5) is 17.1 Å². The monoisotopic (exact) mass is 675 g/mol. The van der Waals surface area contributed by atoms with E-state index in [4.69, 9.17) is 0 Å². The quantitative estimate of drug-likeness (QED) is 0.169. The largest absolute Gasteiger partial charge is 0.310 e. The Morgan fingerprint density at radius 2 is 0.868 bits per heavy atom. The van der Waals surface area contributed by atoms with E-state index in [9.17, 15) is 0 Å². The second-order valence-corrected chi connectivity index (χ2v) is 15.0. The third-order valence-electron chi connectivity index (χ3n) is 12.0. The summed E-state index contributed by atoms with van der Waals surface area (Å²) in [5.41, 5.74) is 17.6. The van der Waals surface area contributed by atoms with E-state index in [-0.39, 0.29) is 0 Å². The molecule has 2 aliphatic carbocycles. The van der Waals surface area contributed by atoms with Crippen molar-refractivity contribution in [1.29, 1.82) is 0 Å². The van der Waals surface area contributed by atoms with Gasteiger partial charge in [-0.2, -0.15) is 0 Å². The van der Waals surface area contributed by atoms with Crippen molar-refractivity contribution in [2.24, 2.45) is 0 Å². The van der Waals surface area contributed by atoms with E-state index >= 15 is 0 Å². The zero-order chi connectivity index (χ0) is 35.4. The van der Waals surface area contributed by atoms with Crippen LogP contribution in [0.5, 0.6) is 0 Å². The Morgan fingerprint density at radius 3 is 1.51 bits per heavy atom. The van der Waals surface area contributed by atoms with Crippen molar-refractivity contribution in [3.63, 3.8) is 0 Å². The molecule has 0 N–H and O–H groups in total. The zero-order valence-corrected chi connectivity index (χ0v) is 30.1. The number of para-hydroxylation sites is 1. The highest BCUT2D eigenvalue weighted by Gasteiger charge is 2.53. The van der Waals surface area contributed by atoms with Gasteiger partial charge >= 0.3 is 0 Å². The molecule has 0 saturated carbocycles. The van der Waals surface area contributed by atoms with Gasteiger partial charge in [-0.15, -0.1) is 0 Å². The molecule has 1 nitrogen and oxygen atoms in total. The van der Waals surface area contributed by atoms with Crippen molar-refractivity contribution in [1.82, 2.24) is 0 Å². The summed E-state index contributed by atoms with van der Waals surface area (Å²) in [6.45, 7) is 6.66. The van der Waals surface area contributed by atoms with Crippen LogP contribution in [0, 0.1) is 20.8 Å². The van der Waals surface area contributed by atoms with E-state index in [1.807, 2.05) is 0 Å². The maximum absolute atomic E-state index is 2.57. The van der Waals surface area contributed by atoms with Gasteiger partial charge in [-0.05, 0) is 133 Å². The van der Waals surface area contributed by atoms with Crippen molar-refractivity contribution < 1.29 is 0 Å². The molecule has 0 heterocycles. The molecule has 2 aliphatic rings. The van der Waals surface area contributed by atoms with Crippen LogP contribution in [0.1, 0.15) is 38.9 Å². The fraction of sp³-hybridized carbons (Fsp3) is 0.0769. The van der Waals surface area contributed by atoms with Crippen LogP contribution in [0.3, 0.4) is 0 Å². The average Bonchev–Trinajstić information content (AvgIpc) is 3.66. The van der Waals surface area contributed by atoms with Gasteiger partial charge in [0, 0.05) is 16.8 Å². The normalized spacial score (nSPS) is 13.3. The SMILES string of the molecule is Cc1cc(C)cc(N(c2ccccc2C)c2cc3c(c4ccccc24)-c2c(c4ccccc4c4ccccc24)C32c3ccccc3-c3ccccc32)c1. The minimum absolute atomic E-state index is 0.528. The number of fused-ring (bicyclic) bond motifs is 17. The van der Waals surface area contributed by atoms with E-state index in [1.54, 1.807) is 0 Å². The number of hydrogen-bond donors (Lipinski definition) is 0. The molecule has 11 rings (SSSR count). The summed E-state index contributed by atoms with van der Waals surface area (Å²) in [6, 6.07) is 64.1. The molecule has 0 unspecified atom stereocenters. The first-order valence-electron chi connectivity index (χ1n) is 18.7. The minimum atomic E-state index is -0.528. The van der Waals surface area contributed by atoms with Crippen molar-refractivity contribution >= 4 is 49.4 Å². The molecule has 9 aromatic rings. The van der Waals surface area contributed by atoms with Gasteiger partial charge in [-0.3, -0.25) is 0 Å². The number of rotatable bonds is 3. The van der Waals surface area contributed by atoms with Crippen molar-refractivity contribution in [2.45, 2.75) is 26.2 Å². The first-order valence-corrected chi connectivity index (χ1v) is 18.7. The first kappa shape index (κ1) is 30.2. The lowest BCUT2D eigenvalue weighted by molar-refractivity contribution is 0.802. The van der Waals surface area contributed by atoms with Crippen molar-refractivity contribution in [3.8, 4) is 22.3 Å². The molecule has 0 aliphatic heterocycles. The second kappa shape index (κ2) is 11.0. The predicted octanol–water partition coefficient (Wildman–Crippen LogP) is 13.9. The van der Waals surface area contributed by atoms with E-state index in [2.05, 4.69) is 196 Å². The maximum atomic E-state index is 2.57. The average molecular weight is 676 g/mol. The van der Waals surface area contributed by atoms with Gasteiger partial charge in [-0.25, -0.2) is 0 Å². The number of hydrogen-bond acceptors (Lipinski definition) is 1. The molecule has 1 heteroatoms. The van der Waals surface area contributed by atoms with Crippen LogP contribution in [0.2, 0.25) is 0 Å². The molecule has 250 valence electrons. The van der Waals surface area contributed by atoms with E-state index in [1.165, 1.54) is 111 Å². The molecule has 0 radical (unpaired) electrons. The highest BCUT2D eigenvalue weighted by molar-refractivity contribution is 6.24. The smallest absolute Gasteiger partial charge is 0.0732 e. The minimum Gasteiger partial charge on any atom is -0.310 e. The van der Waals surface area contributed by atoms with Crippen LogP contribution >= 0.6 is 0 Å². The van der Waals surface area contributed by atoms with Crippen LogP contribution in [-0.2, 0) is 5.41 Å². The van der Waals surface area contributed by atoms with Gasteiger partial charge in [-0.1, -0.05) is 146 Å². The number of benzene rings is 9. The standard InChI is InChI=1S/C52H37N/c1-32-28-33(2)30-35(29-32)53(47-27-15-4-16-34(47)3)48-31-46-49(42-23-9-7-21-40(42)48)50-41-22-8-5-17-36(41)37-18-6-10-24-43(37)51(50)52(46)44-25-13-11-19-38(44)39-20-12-14-26-45(39)52/h4-31H,1-3H3. The highest BCUT2D eigenvalue weighted by atomic mass is 15.1. The summed E-state index contributed by atoms with van der Waals surface area (Å²) in [5.74, 6) is 0. The zero-order valence-electron chi connectivity index (χ0n) is 30.1. The Hall–Kier alpha value is -6.44. The van der Waals surface area contributed by atoms with Crippen molar-refractivity contribution in [3.05, 3.63) is 209 Å². The lowest BCUT2D eigenvalue weighted by Crippen LogP contribution is -2.26. The molecule has 0 bridgehead atoms. The lowest BCUT2D eigenvalue weighted by Gasteiger charge is -2.34. The van der Waals surface area contributed by atoms with Crippen LogP contribution < -0.4 is 4.90 Å². The lowest BCUT2D eigenvalue weighted by atomic mass is 9.69. The second-order valence-electron chi connectivity index (χ2n) is 15.0. The molecule has 0 aromatic heterocycles. The molecular formula is C52H37N. The summed E-state index contributed by atoms with van der Waals surface area (Å²) < 4.78 is 0.